The summed E-state index contributed by atoms with van der Waals surface area (Å²) in [6.07, 6.45) is 8.95. The van der Waals surface area contributed by atoms with Gasteiger partial charge in [0.1, 0.15) is 0 Å². The van der Waals surface area contributed by atoms with Crippen LogP contribution < -0.4 is 0 Å². The van der Waals surface area contributed by atoms with Gasteiger partial charge in [-0.2, -0.15) is 0 Å². The minimum Gasteiger partial charge on any atom is -0.411 e. The highest BCUT2D eigenvalue weighted by Crippen LogP contribution is 2.37. The average Bonchev–Trinajstić information content (AvgIpc) is 2.47. The van der Waals surface area contributed by atoms with Crippen molar-refractivity contribution in [3.05, 3.63) is 12.2 Å². The van der Waals surface area contributed by atoms with Gasteiger partial charge in [-0.05, 0) is 31.6 Å². The van der Waals surface area contributed by atoms with Crippen molar-refractivity contribution in [3.63, 3.8) is 0 Å². The van der Waals surface area contributed by atoms with Gasteiger partial charge in [-0.1, -0.05) is 17.3 Å². The van der Waals surface area contributed by atoms with Crippen molar-refractivity contribution < 1.29 is 5.21 Å². The Kier molecular flexibility index (Phi) is 1.68. The third-order valence-corrected chi connectivity index (χ3v) is 2.89. The molecule has 2 aliphatic rings. The fourth-order valence-corrected chi connectivity index (χ4v) is 2.24. The number of nitrogens with zero attached hydrogens (tertiary/aromatic N) is 1. The third-order valence-electron chi connectivity index (χ3n) is 2.89. The molecule has 0 radical (unpaired) electrons. The highest BCUT2D eigenvalue weighted by atomic mass is 16.4. The van der Waals surface area contributed by atoms with E-state index in [0.717, 1.165) is 24.5 Å². The molecule has 0 aromatic rings. The molecule has 0 spiro atoms. The Morgan fingerprint density at radius 1 is 1.36 bits per heavy atom. The zero-order valence-corrected chi connectivity index (χ0v) is 6.53. The second kappa shape index (κ2) is 2.68. The van der Waals surface area contributed by atoms with Gasteiger partial charge in [-0.3, -0.25) is 0 Å². The van der Waals surface area contributed by atoms with Gasteiger partial charge in [-0.15, -0.1) is 0 Å². The smallest absolute Gasteiger partial charge is 0.0607 e. The van der Waals surface area contributed by atoms with Gasteiger partial charge in [-0.25, -0.2) is 0 Å². The number of hydrogen-bond acceptors (Lipinski definition) is 2. The van der Waals surface area contributed by atoms with Crippen LogP contribution in [0.25, 0.3) is 0 Å². The molecule has 0 aromatic heterocycles. The summed E-state index contributed by atoms with van der Waals surface area (Å²) in [5.41, 5.74) is 1.03. The van der Waals surface area contributed by atoms with E-state index < -0.39 is 0 Å². The molecule has 2 unspecified atom stereocenters. The number of hydrogen-bond donors (Lipinski definition) is 1. The highest BCUT2D eigenvalue weighted by Gasteiger charge is 2.32. The Morgan fingerprint density at radius 3 is 3.00 bits per heavy atom. The summed E-state index contributed by atoms with van der Waals surface area (Å²) in [6.45, 7) is 0. The predicted octanol–water partition coefficient (Wildman–Crippen LogP) is 2.19. The molecule has 0 heterocycles. The molecule has 2 heteroatoms. The van der Waals surface area contributed by atoms with E-state index >= 15 is 0 Å². The molecular weight excluding hydrogens is 138 g/mol. The quantitative estimate of drug-likeness (QED) is 0.321. The third kappa shape index (κ3) is 1.06. The lowest BCUT2D eigenvalue weighted by molar-refractivity contribution is 0.312. The number of oxime groups is 1. The van der Waals surface area contributed by atoms with Gasteiger partial charge in [0, 0.05) is 5.92 Å². The largest absolute Gasteiger partial charge is 0.411 e. The maximum atomic E-state index is 8.67. The van der Waals surface area contributed by atoms with Crippen LogP contribution in [0.1, 0.15) is 25.7 Å². The lowest BCUT2D eigenvalue weighted by atomic mass is 9.85. The van der Waals surface area contributed by atoms with Crippen molar-refractivity contribution >= 4 is 5.71 Å². The summed E-state index contributed by atoms with van der Waals surface area (Å²) in [5.74, 6) is 1.33. The van der Waals surface area contributed by atoms with E-state index in [2.05, 4.69) is 17.3 Å². The molecule has 1 saturated carbocycles. The Labute approximate surface area is 66.6 Å². The summed E-state index contributed by atoms with van der Waals surface area (Å²) in [4.78, 5) is 0. The van der Waals surface area contributed by atoms with Crippen LogP contribution in [0.15, 0.2) is 17.3 Å². The van der Waals surface area contributed by atoms with E-state index in [-0.39, 0.29) is 0 Å². The minimum absolute atomic E-state index is 0.560. The molecule has 0 saturated heterocycles. The van der Waals surface area contributed by atoms with Crippen molar-refractivity contribution in [2.45, 2.75) is 25.7 Å². The first-order chi connectivity index (χ1) is 5.42. The fraction of sp³-hybridized carbons (Fsp3) is 0.667. The number of rotatable bonds is 0. The monoisotopic (exact) mass is 151 g/mol. The Balaban J connectivity index is 2.17. The summed E-state index contributed by atoms with van der Waals surface area (Å²) < 4.78 is 0. The molecule has 11 heavy (non-hydrogen) atoms. The first-order valence-electron chi connectivity index (χ1n) is 4.27. The Morgan fingerprint density at radius 2 is 2.18 bits per heavy atom. The van der Waals surface area contributed by atoms with Crippen LogP contribution in [0.5, 0.6) is 0 Å². The fourth-order valence-electron chi connectivity index (χ4n) is 2.24. The topological polar surface area (TPSA) is 32.6 Å². The van der Waals surface area contributed by atoms with Gasteiger partial charge in [0.2, 0.25) is 0 Å². The molecule has 60 valence electrons. The van der Waals surface area contributed by atoms with Gasteiger partial charge in [0.15, 0.2) is 0 Å². The van der Waals surface area contributed by atoms with E-state index in [1.54, 1.807) is 0 Å². The van der Waals surface area contributed by atoms with Crippen molar-refractivity contribution in [1.29, 1.82) is 0 Å². The van der Waals surface area contributed by atoms with Crippen LogP contribution in [0.2, 0.25) is 0 Å². The molecule has 1 fully saturated rings. The van der Waals surface area contributed by atoms with E-state index in [9.17, 15) is 0 Å². The highest BCUT2D eigenvalue weighted by molar-refractivity contribution is 5.88. The van der Waals surface area contributed by atoms with Gasteiger partial charge < -0.3 is 5.21 Å². The van der Waals surface area contributed by atoms with E-state index in [4.69, 9.17) is 5.21 Å². The first kappa shape index (κ1) is 6.89. The average molecular weight is 151 g/mol. The van der Waals surface area contributed by atoms with E-state index in [1.165, 1.54) is 12.8 Å². The summed E-state index contributed by atoms with van der Waals surface area (Å²) in [5, 5.41) is 12.0. The molecule has 0 aromatic carbocycles. The van der Waals surface area contributed by atoms with Crippen LogP contribution in [0.3, 0.4) is 0 Å². The van der Waals surface area contributed by atoms with Crippen molar-refractivity contribution in [2.75, 3.05) is 0 Å². The van der Waals surface area contributed by atoms with E-state index in [0.29, 0.717) is 5.92 Å². The zero-order valence-electron chi connectivity index (χ0n) is 6.53. The van der Waals surface area contributed by atoms with Crippen LogP contribution >= 0.6 is 0 Å². The predicted molar refractivity (Wildman–Crippen MR) is 43.8 cm³/mol. The van der Waals surface area contributed by atoms with Crippen LogP contribution in [0.4, 0.5) is 0 Å². The van der Waals surface area contributed by atoms with Gasteiger partial charge in [0.05, 0.1) is 5.71 Å². The molecule has 0 aliphatic heterocycles. The van der Waals surface area contributed by atoms with Crippen LogP contribution in [-0.2, 0) is 0 Å². The van der Waals surface area contributed by atoms with Gasteiger partial charge >= 0.3 is 0 Å². The second-order valence-electron chi connectivity index (χ2n) is 3.44. The molecule has 1 N–H and O–H groups in total. The van der Waals surface area contributed by atoms with E-state index in [1.807, 2.05) is 0 Å². The normalized spacial score (nSPS) is 39.5. The summed E-state index contributed by atoms with van der Waals surface area (Å²) in [7, 11) is 0. The summed E-state index contributed by atoms with van der Waals surface area (Å²) in [6, 6.07) is 0. The van der Waals surface area contributed by atoms with Crippen LogP contribution in [-0.4, -0.2) is 10.9 Å². The molecule has 2 nitrogen and oxygen atoms in total. The Hall–Kier alpha value is -0.790. The standard InChI is InChI=1S/C9H13NO/c11-10-9-6-5-7-3-1-2-4-8(7)9/h1-2,7-8,11H,3-6H2/b10-9-. The molecule has 0 amide bonds. The summed E-state index contributed by atoms with van der Waals surface area (Å²) >= 11 is 0. The van der Waals surface area contributed by atoms with Crippen molar-refractivity contribution in [2.24, 2.45) is 17.0 Å². The maximum Gasteiger partial charge on any atom is 0.0607 e. The number of fused-ring (bicyclic) bond motifs is 1. The SMILES string of the molecule is O/N=C1/CCC2CC=CCC12. The molecule has 2 aliphatic carbocycles. The zero-order chi connectivity index (χ0) is 7.68. The molecule has 0 bridgehead atoms. The first-order valence-corrected chi connectivity index (χ1v) is 4.27. The molecular formula is C9H13NO. The number of allylic oxidation sites excluding steroid dienone is 2. The Bertz CT molecular complexity index is 208. The minimum atomic E-state index is 0.560. The van der Waals surface area contributed by atoms with Crippen LogP contribution in [0, 0.1) is 11.8 Å². The lowest BCUT2D eigenvalue weighted by Gasteiger charge is -2.19. The molecule has 2 atom stereocenters. The van der Waals surface area contributed by atoms with Crippen molar-refractivity contribution in [3.8, 4) is 0 Å². The van der Waals surface area contributed by atoms with Gasteiger partial charge in [0.25, 0.3) is 0 Å². The second-order valence-corrected chi connectivity index (χ2v) is 3.44. The lowest BCUT2D eigenvalue weighted by Crippen LogP contribution is -2.16. The molecule has 2 rings (SSSR count). The van der Waals surface area contributed by atoms with Crippen molar-refractivity contribution in [1.82, 2.24) is 0 Å². The maximum absolute atomic E-state index is 8.67.